The standard InChI is InChI=1S/C18H18N4O2S/c1-4-12-5-7-13(8-6-12)14-9-11(2)19-10-15(14)16(23)20-17-21-22-18(24-3)25-17/h5-10H,4H2,1-3H3,(H,20,21,23). The van der Waals surface area contributed by atoms with Crippen molar-refractivity contribution in [2.24, 2.45) is 0 Å². The van der Waals surface area contributed by atoms with Gasteiger partial charge >= 0.3 is 0 Å². The normalized spacial score (nSPS) is 10.5. The average Bonchev–Trinajstić information content (AvgIpc) is 3.09. The van der Waals surface area contributed by atoms with E-state index in [-0.39, 0.29) is 5.91 Å². The molecule has 6 nitrogen and oxygen atoms in total. The molecule has 128 valence electrons. The predicted octanol–water partition coefficient (Wildman–Crippen LogP) is 3.73. The number of nitrogens with one attached hydrogen (secondary N) is 1. The van der Waals surface area contributed by atoms with Gasteiger partial charge in [-0.15, -0.1) is 5.10 Å². The van der Waals surface area contributed by atoms with E-state index in [1.54, 1.807) is 6.20 Å². The Hall–Kier alpha value is -2.80. The zero-order valence-corrected chi connectivity index (χ0v) is 15.1. The number of ether oxygens (including phenoxy) is 1. The van der Waals surface area contributed by atoms with Gasteiger partial charge in [-0.25, -0.2) is 0 Å². The lowest BCUT2D eigenvalue weighted by Gasteiger charge is -2.10. The van der Waals surface area contributed by atoms with Crippen LogP contribution >= 0.6 is 11.3 Å². The van der Waals surface area contributed by atoms with Crippen LogP contribution in [0.4, 0.5) is 5.13 Å². The molecule has 0 aliphatic carbocycles. The van der Waals surface area contributed by atoms with E-state index in [9.17, 15) is 4.79 Å². The number of aromatic nitrogens is 3. The molecular formula is C18H18N4O2S. The van der Waals surface area contributed by atoms with E-state index in [2.05, 4.69) is 39.6 Å². The number of amides is 1. The van der Waals surface area contributed by atoms with Gasteiger partial charge in [-0.1, -0.05) is 36.3 Å². The summed E-state index contributed by atoms with van der Waals surface area (Å²) in [5.41, 5.74) is 4.40. The summed E-state index contributed by atoms with van der Waals surface area (Å²) in [4.78, 5) is 17.0. The fraction of sp³-hybridized carbons (Fsp3) is 0.222. The molecular weight excluding hydrogens is 336 g/mol. The lowest BCUT2D eigenvalue weighted by Crippen LogP contribution is -2.13. The van der Waals surface area contributed by atoms with Gasteiger partial charge in [0.15, 0.2) is 0 Å². The number of aryl methyl sites for hydroxylation is 2. The third kappa shape index (κ3) is 3.83. The van der Waals surface area contributed by atoms with Crippen LogP contribution in [-0.2, 0) is 6.42 Å². The Bertz CT molecular complexity index is 890. The van der Waals surface area contributed by atoms with Crippen LogP contribution in [0.2, 0.25) is 0 Å². The number of hydrogen-bond donors (Lipinski definition) is 1. The summed E-state index contributed by atoms with van der Waals surface area (Å²) in [6.07, 6.45) is 2.56. The van der Waals surface area contributed by atoms with Crippen LogP contribution in [-0.4, -0.2) is 28.2 Å². The van der Waals surface area contributed by atoms with Crippen molar-refractivity contribution in [3.63, 3.8) is 0 Å². The number of anilines is 1. The van der Waals surface area contributed by atoms with Crippen molar-refractivity contribution in [3.05, 3.63) is 53.3 Å². The van der Waals surface area contributed by atoms with Crippen molar-refractivity contribution in [2.75, 3.05) is 12.4 Å². The molecule has 0 fully saturated rings. The van der Waals surface area contributed by atoms with Crippen LogP contribution in [0.1, 0.15) is 28.5 Å². The number of carbonyl (C=O) groups excluding carboxylic acids is 1. The molecule has 1 N–H and O–H groups in total. The third-order valence-electron chi connectivity index (χ3n) is 3.76. The maximum absolute atomic E-state index is 12.7. The minimum atomic E-state index is -0.277. The molecule has 0 aliphatic heterocycles. The smallest absolute Gasteiger partial charge is 0.295 e. The number of hydrogen-bond acceptors (Lipinski definition) is 6. The minimum absolute atomic E-state index is 0.277. The number of nitrogens with zero attached hydrogens (tertiary/aromatic N) is 3. The number of benzene rings is 1. The first-order chi connectivity index (χ1) is 12.1. The highest BCUT2D eigenvalue weighted by Crippen LogP contribution is 2.27. The molecule has 3 aromatic rings. The second kappa shape index (κ2) is 7.40. The first kappa shape index (κ1) is 17.0. The van der Waals surface area contributed by atoms with E-state index in [1.807, 2.05) is 25.1 Å². The molecule has 0 saturated heterocycles. The Morgan fingerprint density at radius 1 is 1.24 bits per heavy atom. The Balaban J connectivity index is 1.93. The van der Waals surface area contributed by atoms with Crippen molar-refractivity contribution in [1.82, 2.24) is 15.2 Å². The predicted molar refractivity (Wildman–Crippen MR) is 98.2 cm³/mol. The van der Waals surface area contributed by atoms with Gasteiger partial charge < -0.3 is 4.74 Å². The van der Waals surface area contributed by atoms with Crippen molar-refractivity contribution >= 4 is 22.4 Å². The molecule has 0 saturated carbocycles. The zero-order chi connectivity index (χ0) is 17.8. The van der Waals surface area contributed by atoms with Crippen molar-refractivity contribution in [1.29, 1.82) is 0 Å². The molecule has 0 unspecified atom stereocenters. The number of carbonyl (C=O) groups is 1. The van der Waals surface area contributed by atoms with Gasteiger partial charge in [0.2, 0.25) is 5.13 Å². The fourth-order valence-electron chi connectivity index (χ4n) is 2.41. The van der Waals surface area contributed by atoms with Gasteiger partial charge in [-0.3, -0.25) is 15.1 Å². The Labute approximate surface area is 149 Å². The first-order valence-corrected chi connectivity index (χ1v) is 8.67. The van der Waals surface area contributed by atoms with Crippen LogP contribution in [0.3, 0.4) is 0 Å². The van der Waals surface area contributed by atoms with Crippen LogP contribution in [0.25, 0.3) is 11.1 Å². The lowest BCUT2D eigenvalue weighted by atomic mass is 9.98. The van der Waals surface area contributed by atoms with Crippen molar-refractivity contribution < 1.29 is 9.53 Å². The molecule has 2 heterocycles. The first-order valence-electron chi connectivity index (χ1n) is 7.85. The maximum atomic E-state index is 12.7. The molecule has 7 heteroatoms. The fourth-order valence-corrected chi connectivity index (χ4v) is 2.96. The van der Waals surface area contributed by atoms with Gasteiger partial charge in [-0.2, -0.15) is 0 Å². The number of rotatable bonds is 5. The van der Waals surface area contributed by atoms with Gasteiger partial charge in [0, 0.05) is 11.9 Å². The quantitative estimate of drug-likeness (QED) is 0.755. The Morgan fingerprint density at radius 2 is 2.00 bits per heavy atom. The summed E-state index contributed by atoms with van der Waals surface area (Å²) in [6.45, 7) is 4.02. The molecule has 0 radical (unpaired) electrons. The van der Waals surface area contributed by atoms with Crippen LogP contribution < -0.4 is 10.1 Å². The van der Waals surface area contributed by atoms with E-state index in [0.29, 0.717) is 15.9 Å². The lowest BCUT2D eigenvalue weighted by molar-refractivity contribution is 0.102. The molecule has 2 aromatic heterocycles. The summed E-state index contributed by atoms with van der Waals surface area (Å²) in [5, 5.41) is 11.2. The Morgan fingerprint density at radius 3 is 2.64 bits per heavy atom. The summed E-state index contributed by atoms with van der Waals surface area (Å²) >= 11 is 1.17. The van der Waals surface area contributed by atoms with Crippen molar-refractivity contribution in [3.8, 4) is 16.3 Å². The third-order valence-corrected chi connectivity index (χ3v) is 4.56. The van der Waals surface area contributed by atoms with Gasteiger partial charge in [0.05, 0.1) is 12.7 Å². The molecule has 1 aromatic carbocycles. The van der Waals surface area contributed by atoms with E-state index >= 15 is 0 Å². The summed E-state index contributed by atoms with van der Waals surface area (Å²) < 4.78 is 4.99. The molecule has 0 aliphatic rings. The highest BCUT2D eigenvalue weighted by molar-refractivity contribution is 7.17. The van der Waals surface area contributed by atoms with Crippen molar-refractivity contribution in [2.45, 2.75) is 20.3 Å². The molecule has 3 rings (SSSR count). The van der Waals surface area contributed by atoms with Gasteiger partial charge in [0.1, 0.15) is 0 Å². The molecule has 1 amide bonds. The largest absolute Gasteiger partial charge is 0.472 e. The summed E-state index contributed by atoms with van der Waals surface area (Å²) in [5.74, 6) is -0.277. The average molecular weight is 354 g/mol. The molecule has 0 bridgehead atoms. The topological polar surface area (TPSA) is 77.0 Å². The maximum Gasteiger partial charge on any atom is 0.295 e. The molecule has 25 heavy (non-hydrogen) atoms. The zero-order valence-electron chi connectivity index (χ0n) is 14.2. The van der Waals surface area contributed by atoms with E-state index in [0.717, 1.165) is 23.2 Å². The van der Waals surface area contributed by atoms with Crippen LogP contribution in [0.5, 0.6) is 5.19 Å². The van der Waals surface area contributed by atoms with Gasteiger partial charge in [-0.05, 0) is 47.4 Å². The number of methoxy groups -OCH3 is 1. The summed E-state index contributed by atoms with van der Waals surface area (Å²) in [6, 6.07) is 10.1. The highest BCUT2D eigenvalue weighted by Gasteiger charge is 2.16. The second-order valence-electron chi connectivity index (χ2n) is 5.45. The SMILES string of the molecule is CCc1ccc(-c2cc(C)ncc2C(=O)Nc2nnc(OC)s2)cc1. The Kier molecular flexibility index (Phi) is 5.04. The molecule has 0 atom stereocenters. The number of pyridine rings is 1. The van der Waals surface area contributed by atoms with E-state index < -0.39 is 0 Å². The van der Waals surface area contributed by atoms with E-state index in [1.165, 1.54) is 24.0 Å². The highest BCUT2D eigenvalue weighted by atomic mass is 32.1. The van der Waals surface area contributed by atoms with Crippen LogP contribution in [0.15, 0.2) is 36.5 Å². The minimum Gasteiger partial charge on any atom is -0.472 e. The van der Waals surface area contributed by atoms with E-state index in [4.69, 9.17) is 4.74 Å². The monoisotopic (exact) mass is 354 g/mol. The summed E-state index contributed by atoms with van der Waals surface area (Å²) in [7, 11) is 1.51. The second-order valence-corrected chi connectivity index (χ2v) is 6.39. The van der Waals surface area contributed by atoms with Gasteiger partial charge in [0.25, 0.3) is 11.1 Å². The molecule has 0 spiro atoms. The van der Waals surface area contributed by atoms with Crippen LogP contribution in [0, 0.1) is 6.92 Å².